The highest BCUT2D eigenvalue weighted by Crippen LogP contribution is 2.37. The average Bonchev–Trinajstić information content (AvgIpc) is 2.68. The van der Waals surface area contributed by atoms with E-state index in [4.69, 9.17) is 67.5 Å². The van der Waals surface area contributed by atoms with Gasteiger partial charge in [0.05, 0.1) is 26.3 Å². The van der Waals surface area contributed by atoms with E-state index in [-0.39, 0.29) is 57.0 Å². The molecule has 0 fully saturated rings. The van der Waals surface area contributed by atoms with Crippen molar-refractivity contribution in [3.63, 3.8) is 0 Å². The third-order valence-electron chi connectivity index (χ3n) is 3.84. The number of esters is 1. The number of nitrogens with one attached hydrogen (secondary N) is 1. The number of ether oxygens (including phenoxy) is 2. The minimum atomic E-state index is -4.49. The molecule has 0 atom stereocenters. The summed E-state index contributed by atoms with van der Waals surface area (Å²) >= 11 is 29.1. The third kappa shape index (κ3) is 8.45. The van der Waals surface area contributed by atoms with Crippen molar-refractivity contribution in [1.82, 2.24) is 0 Å². The number of rotatable bonds is 9. The summed E-state index contributed by atoms with van der Waals surface area (Å²) in [4.78, 5) is 12.1. The topological polar surface area (TPSA) is 47.6 Å². The van der Waals surface area contributed by atoms with E-state index >= 15 is 0 Å². The van der Waals surface area contributed by atoms with E-state index in [2.05, 4.69) is 5.32 Å². The molecule has 4 nitrogen and oxygen atoms in total. The van der Waals surface area contributed by atoms with E-state index in [1.54, 1.807) is 0 Å². The van der Waals surface area contributed by atoms with Gasteiger partial charge in [0.1, 0.15) is 16.8 Å². The Morgan fingerprint density at radius 2 is 1.69 bits per heavy atom. The Balaban J connectivity index is 1.88. The maximum atomic E-state index is 12.8. The SMILES string of the molecule is O=C(CCCNc1cc(C(F)(F)F)ccc1Cl)Oc1c(Cl)cc(OCC=C(Cl)Cl)cc1Cl. The molecule has 2 rings (SSSR count). The minimum Gasteiger partial charge on any atom is -0.489 e. The fourth-order valence-electron chi connectivity index (χ4n) is 2.38. The van der Waals surface area contributed by atoms with Crippen LogP contribution < -0.4 is 14.8 Å². The average molecular weight is 552 g/mol. The number of carbonyl (C=O) groups is 1. The Hall–Kier alpha value is -1.51. The van der Waals surface area contributed by atoms with Crippen molar-refractivity contribution in [3.05, 3.63) is 61.5 Å². The number of benzene rings is 2. The zero-order chi connectivity index (χ0) is 23.9. The van der Waals surface area contributed by atoms with Crippen LogP contribution in [0.1, 0.15) is 18.4 Å². The van der Waals surface area contributed by atoms with Gasteiger partial charge in [-0.2, -0.15) is 13.2 Å². The van der Waals surface area contributed by atoms with Gasteiger partial charge in [-0.05, 0) is 30.7 Å². The van der Waals surface area contributed by atoms with E-state index in [1.165, 1.54) is 18.2 Å². The molecule has 0 aliphatic heterocycles. The molecule has 0 aliphatic carbocycles. The summed E-state index contributed by atoms with van der Waals surface area (Å²) in [5, 5.41) is 3.00. The molecule has 1 N–H and O–H groups in total. The summed E-state index contributed by atoms with van der Waals surface area (Å²) in [7, 11) is 0. The van der Waals surface area contributed by atoms with Gasteiger partial charge in [0.2, 0.25) is 0 Å². The maximum absolute atomic E-state index is 12.8. The van der Waals surface area contributed by atoms with Gasteiger partial charge in [0, 0.05) is 25.1 Å². The quantitative estimate of drug-likeness (QED) is 0.194. The molecule has 32 heavy (non-hydrogen) atoms. The van der Waals surface area contributed by atoms with Gasteiger partial charge in [-0.15, -0.1) is 0 Å². The molecule has 174 valence electrons. The number of halogens is 8. The molecule has 0 bridgehead atoms. The van der Waals surface area contributed by atoms with E-state index < -0.39 is 17.7 Å². The second kappa shape index (κ2) is 12.1. The van der Waals surface area contributed by atoms with Crippen molar-refractivity contribution in [3.8, 4) is 11.5 Å². The first-order chi connectivity index (χ1) is 15.0. The molecular weight excluding hydrogens is 536 g/mol. The summed E-state index contributed by atoms with van der Waals surface area (Å²) < 4.78 is 49.0. The highest BCUT2D eigenvalue weighted by atomic mass is 35.5. The Morgan fingerprint density at radius 3 is 2.28 bits per heavy atom. The van der Waals surface area contributed by atoms with E-state index in [0.29, 0.717) is 5.75 Å². The fourth-order valence-corrected chi connectivity index (χ4v) is 3.23. The van der Waals surface area contributed by atoms with Gasteiger partial charge in [-0.25, -0.2) is 0 Å². The molecule has 0 heterocycles. The summed E-state index contributed by atoms with van der Waals surface area (Å²) in [6.45, 7) is 0.262. The molecule has 0 saturated carbocycles. The Labute approximate surface area is 207 Å². The number of hydrogen-bond donors (Lipinski definition) is 1. The van der Waals surface area contributed by atoms with Crippen LogP contribution >= 0.6 is 58.0 Å². The number of alkyl halides is 3. The molecular formula is C20H15Cl5F3NO3. The Bertz CT molecular complexity index is 972. The van der Waals surface area contributed by atoms with Crippen LogP contribution in [0.25, 0.3) is 0 Å². The second-order valence-corrected chi connectivity index (χ2v) is 8.45. The smallest absolute Gasteiger partial charge is 0.416 e. The first kappa shape index (κ1) is 26.7. The van der Waals surface area contributed by atoms with Crippen LogP contribution in [0.2, 0.25) is 15.1 Å². The summed E-state index contributed by atoms with van der Waals surface area (Å²) in [6.07, 6.45) is -2.86. The highest BCUT2D eigenvalue weighted by Gasteiger charge is 2.30. The molecule has 0 spiro atoms. The predicted molar refractivity (Wildman–Crippen MR) is 122 cm³/mol. The lowest BCUT2D eigenvalue weighted by molar-refractivity contribution is -0.137. The summed E-state index contributed by atoms with van der Waals surface area (Å²) in [5.74, 6) is -0.352. The molecule has 0 saturated heterocycles. The lowest BCUT2D eigenvalue weighted by Crippen LogP contribution is -2.12. The van der Waals surface area contributed by atoms with Crippen LogP contribution in [0, 0.1) is 0 Å². The van der Waals surface area contributed by atoms with Gasteiger partial charge < -0.3 is 14.8 Å². The van der Waals surface area contributed by atoms with Crippen LogP contribution in [0.5, 0.6) is 11.5 Å². The molecule has 2 aromatic carbocycles. The predicted octanol–water partition coefficient (Wildman–Crippen LogP) is 8.16. The number of hydrogen-bond acceptors (Lipinski definition) is 4. The number of carbonyl (C=O) groups excluding carboxylic acids is 1. The highest BCUT2D eigenvalue weighted by molar-refractivity contribution is 6.55. The van der Waals surface area contributed by atoms with Gasteiger partial charge in [0.15, 0.2) is 5.75 Å². The van der Waals surface area contributed by atoms with E-state index in [9.17, 15) is 18.0 Å². The zero-order valence-electron chi connectivity index (χ0n) is 16.0. The van der Waals surface area contributed by atoms with Crippen molar-refractivity contribution in [2.75, 3.05) is 18.5 Å². The van der Waals surface area contributed by atoms with Crippen molar-refractivity contribution in [1.29, 1.82) is 0 Å². The van der Waals surface area contributed by atoms with Crippen molar-refractivity contribution < 1.29 is 27.4 Å². The van der Waals surface area contributed by atoms with Gasteiger partial charge in [-0.3, -0.25) is 4.79 Å². The normalized spacial score (nSPS) is 11.1. The van der Waals surface area contributed by atoms with E-state index in [0.717, 1.165) is 18.2 Å². The Kier molecular flexibility index (Phi) is 10.1. The first-order valence-corrected chi connectivity index (χ1v) is 10.8. The molecule has 0 amide bonds. The van der Waals surface area contributed by atoms with Crippen molar-refractivity contribution >= 4 is 69.7 Å². The van der Waals surface area contributed by atoms with Crippen LogP contribution in [0.4, 0.5) is 18.9 Å². The zero-order valence-corrected chi connectivity index (χ0v) is 19.8. The molecule has 0 aromatic heterocycles. The van der Waals surface area contributed by atoms with Crippen LogP contribution in [-0.2, 0) is 11.0 Å². The maximum Gasteiger partial charge on any atom is 0.416 e. The summed E-state index contributed by atoms with van der Waals surface area (Å²) in [5.41, 5.74) is -0.718. The van der Waals surface area contributed by atoms with Gasteiger partial charge >= 0.3 is 12.1 Å². The molecule has 12 heteroatoms. The van der Waals surface area contributed by atoms with Crippen LogP contribution in [0.3, 0.4) is 0 Å². The third-order valence-corrected chi connectivity index (χ3v) is 5.04. The molecule has 0 unspecified atom stereocenters. The van der Waals surface area contributed by atoms with Crippen LogP contribution in [0.15, 0.2) is 40.9 Å². The largest absolute Gasteiger partial charge is 0.489 e. The molecule has 0 radical (unpaired) electrons. The van der Waals surface area contributed by atoms with Gasteiger partial charge in [0.25, 0.3) is 0 Å². The molecule has 2 aromatic rings. The lowest BCUT2D eigenvalue weighted by atomic mass is 10.2. The fraction of sp³-hybridized carbons (Fsp3) is 0.250. The van der Waals surface area contributed by atoms with E-state index in [1.807, 2.05) is 0 Å². The lowest BCUT2D eigenvalue weighted by Gasteiger charge is -2.13. The van der Waals surface area contributed by atoms with Gasteiger partial charge in [-0.1, -0.05) is 58.0 Å². The first-order valence-electron chi connectivity index (χ1n) is 8.91. The standard InChI is InChI=1S/C20H15Cl5F3NO3/c21-13-4-3-11(20(26,27)28)8-16(13)29-6-1-2-18(30)32-19-14(22)9-12(10-15(19)23)31-7-5-17(24)25/h3-5,8-10,29H,1-2,6-7H2. The minimum absolute atomic E-state index is 0.0366. The van der Waals surface area contributed by atoms with Crippen molar-refractivity contribution in [2.45, 2.75) is 19.0 Å². The van der Waals surface area contributed by atoms with Crippen LogP contribution in [-0.4, -0.2) is 19.1 Å². The monoisotopic (exact) mass is 549 g/mol. The second-order valence-electron chi connectivity index (χ2n) is 6.22. The number of anilines is 1. The Morgan fingerprint density at radius 1 is 1.03 bits per heavy atom. The van der Waals surface area contributed by atoms with Crippen molar-refractivity contribution in [2.24, 2.45) is 0 Å². The summed E-state index contributed by atoms with van der Waals surface area (Å²) in [6, 6.07) is 5.75. The molecule has 0 aliphatic rings.